The van der Waals surface area contributed by atoms with Gasteiger partial charge in [-0.25, -0.2) is 0 Å². The lowest BCUT2D eigenvalue weighted by molar-refractivity contribution is 0.745. The number of nitrogens with zero attached hydrogens (tertiary/aromatic N) is 2. The minimum atomic E-state index is -0.535. The zero-order chi connectivity index (χ0) is 41.1. The SMILES string of the molecule is Cc1cccc(N2c3cc(C)ccc3B3c4ccc(C)cc4N(c4ccc(C(c5ccccc5)(c5ccccc5)c5ccccc5)cc4)c4cc(-c5ccccc5)cc2c43)c1. The maximum atomic E-state index is 2.54. The third-order valence-corrected chi connectivity index (χ3v) is 12.9. The number of hydrogen-bond acceptors (Lipinski definition) is 2. The molecule has 2 aliphatic heterocycles. The normalized spacial score (nSPS) is 12.7. The molecule has 9 aromatic carbocycles. The van der Waals surface area contributed by atoms with Crippen LogP contribution in [0.15, 0.2) is 218 Å². The highest BCUT2D eigenvalue weighted by Gasteiger charge is 2.44. The molecular weight excluding hydrogens is 735 g/mol. The Labute approximate surface area is 360 Å². The van der Waals surface area contributed by atoms with Crippen molar-refractivity contribution in [3.63, 3.8) is 0 Å². The van der Waals surface area contributed by atoms with Gasteiger partial charge in [-0.1, -0.05) is 170 Å². The molecule has 0 aromatic heterocycles. The van der Waals surface area contributed by atoms with E-state index in [9.17, 15) is 0 Å². The zero-order valence-corrected chi connectivity index (χ0v) is 34.8. The van der Waals surface area contributed by atoms with Crippen molar-refractivity contribution in [3.05, 3.63) is 257 Å². The summed E-state index contributed by atoms with van der Waals surface area (Å²) in [5, 5.41) is 0. The number of rotatable bonds is 7. The lowest BCUT2D eigenvalue weighted by Crippen LogP contribution is -2.61. The first-order valence-corrected chi connectivity index (χ1v) is 21.4. The van der Waals surface area contributed by atoms with E-state index in [1.807, 2.05) is 0 Å². The van der Waals surface area contributed by atoms with Crippen LogP contribution in [0.2, 0.25) is 0 Å². The standard InChI is InChI=1S/C58H45BN2/c1-40-17-16-26-50(35-40)61-54-37-42(3)28-34-52(54)59-51-33-27-41(2)36-53(51)60(55-38-44(39-56(61)57(55)59)43-18-8-4-9-19-43)49-31-29-48(30-32-49)58(45-20-10-5-11-21-45,46-22-12-6-13-23-46)47-24-14-7-15-25-47/h4-39H,1-3H3. The van der Waals surface area contributed by atoms with E-state index < -0.39 is 5.41 Å². The van der Waals surface area contributed by atoms with Crippen LogP contribution in [0.4, 0.5) is 34.1 Å². The molecule has 0 fully saturated rings. The van der Waals surface area contributed by atoms with Crippen LogP contribution in [0.25, 0.3) is 11.1 Å². The molecule has 2 nitrogen and oxygen atoms in total. The van der Waals surface area contributed by atoms with E-state index in [4.69, 9.17) is 0 Å². The van der Waals surface area contributed by atoms with Crippen molar-refractivity contribution in [1.82, 2.24) is 0 Å². The summed E-state index contributed by atoms with van der Waals surface area (Å²) in [4.78, 5) is 5.06. The molecule has 0 unspecified atom stereocenters. The second kappa shape index (κ2) is 14.7. The van der Waals surface area contributed by atoms with Gasteiger partial charge >= 0.3 is 0 Å². The summed E-state index contributed by atoms with van der Waals surface area (Å²) in [5.41, 5.74) is 21.6. The molecule has 0 amide bonds. The molecule has 61 heavy (non-hydrogen) atoms. The van der Waals surface area contributed by atoms with Crippen LogP contribution in [0.1, 0.15) is 38.9 Å². The first-order chi connectivity index (χ1) is 30.0. The Morgan fingerprint density at radius 1 is 0.328 bits per heavy atom. The topological polar surface area (TPSA) is 6.48 Å². The Kier molecular flexibility index (Phi) is 8.86. The second-order valence-corrected chi connectivity index (χ2v) is 16.8. The molecule has 0 N–H and O–H groups in total. The van der Waals surface area contributed by atoms with Gasteiger partial charge in [-0.05, 0) is 136 Å². The van der Waals surface area contributed by atoms with Crippen molar-refractivity contribution in [2.24, 2.45) is 0 Å². The zero-order valence-electron chi connectivity index (χ0n) is 34.8. The van der Waals surface area contributed by atoms with Gasteiger partial charge in [-0.2, -0.15) is 0 Å². The third kappa shape index (κ3) is 5.95. The number of anilines is 6. The summed E-state index contributed by atoms with van der Waals surface area (Å²) in [6.45, 7) is 6.67. The average Bonchev–Trinajstić information content (AvgIpc) is 3.30. The molecule has 3 heteroatoms. The van der Waals surface area contributed by atoms with E-state index in [-0.39, 0.29) is 6.71 Å². The number of hydrogen-bond donors (Lipinski definition) is 0. The van der Waals surface area contributed by atoms with Crippen LogP contribution in [0.3, 0.4) is 0 Å². The van der Waals surface area contributed by atoms with Crippen LogP contribution >= 0.6 is 0 Å². The first-order valence-electron chi connectivity index (χ1n) is 21.4. The predicted octanol–water partition coefficient (Wildman–Crippen LogP) is 12.7. The maximum absolute atomic E-state index is 2.54. The van der Waals surface area contributed by atoms with Crippen LogP contribution < -0.4 is 26.2 Å². The van der Waals surface area contributed by atoms with Gasteiger partial charge < -0.3 is 9.80 Å². The highest BCUT2D eigenvalue weighted by Crippen LogP contribution is 2.49. The predicted molar refractivity (Wildman–Crippen MR) is 258 cm³/mol. The molecule has 9 aromatic rings. The lowest BCUT2D eigenvalue weighted by Gasteiger charge is -2.45. The van der Waals surface area contributed by atoms with Crippen molar-refractivity contribution in [2.45, 2.75) is 26.2 Å². The van der Waals surface area contributed by atoms with Gasteiger partial charge in [0.05, 0.1) is 5.41 Å². The van der Waals surface area contributed by atoms with Crippen LogP contribution in [-0.2, 0) is 5.41 Å². The smallest absolute Gasteiger partial charge is 0.252 e. The molecule has 0 atom stereocenters. The lowest BCUT2D eigenvalue weighted by atomic mass is 9.33. The maximum Gasteiger partial charge on any atom is 0.252 e. The molecule has 0 saturated heterocycles. The Balaban J connectivity index is 1.19. The molecule has 11 rings (SSSR count). The molecule has 2 heterocycles. The molecule has 0 aliphatic carbocycles. The number of benzene rings is 9. The van der Waals surface area contributed by atoms with E-state index in [1.54, 1.807) is 0 Å². The highest BCUT2D eigenvalue weighted by atomic mass is 15.2. The molecular formula is C58H45BN2. The quantitative estimate of drug-likeness (QED) is 0.117. The fourth-order valence-electron chi connectivity index (χ4n) is 10.3. The highest BCUT2D eigenvalue weighted by molar-refractivity contribution is 7.00. The van der Waals surface area contributed by atoms with Gasteiger partial charge in [0.25, 0.3) is 6.71 Å². The molecule has 290 valence electrons. The molecule has 2 aliphatic rings. The summed E-state index contributed by atoms with van der Waals surface area (Å²) in [6, 6.07) is 81.2. The monoisotopic (exact) mass is 780 g/mol. The van der Waals surface area contributed by atoms with Gasteiger partial charge in [0.1, 0.15) is 0 Å². The van der Waals surface area contributed by atoms with Crippen molar-refractivity contribution < 1.29 is 0 Å². The molecule has 0 spiro atoms. The minimum Gasteiger partial charge on any atom is -0.311 e. The first kappa shape index (κ1) is 36.7. The Hall–Kier alpha value is -7.36. The van der Waals surface area contributed by atoms with Crippen LogP contribution in [0, 0.1) is 20.8 Å². The van der Waals surface area contributed by atoms with Gasteiger partial charge in [-0.15, -0.1) is 0 Å². The third-order valence-electron chi connectivity index (χ3n) is 12.9. The summed E-state index contributed by atoms with van der Waals surface area (Å²) in [6.07, 6.45) is 0. The van der Waals surface area contributed by atoms with Gasteiger partial charge in [0.15, 0.2) is 0 Å². The van der Waals surface area contributed by atoms with Crippen molar-refractivity contribution >= 4 is 57.2 Å². The van der Waals surface area contributed by atoms with E-state index in [2.05, 4.69) is 249 Å². The molecule has 0 bridgehead atoms. The van der Waals surface area contributed by atoms with Crippen molar-refractivity contribution in [1.29, 1.82) is 0 Å². The fraction of sp³-hybridized carbons (Fsp3) is 0.0690. The van der Waals surface area contributed by atoms with Crippen molar-refractivity contribution in [2.75, 3.05) is 9.80 Å². The second-order valence-electron chi connectivity index (χ2n) is 16.8. The summed E-state index contributed by atoms with van der Waals surface area (Å²) < 4.78 is 0. The summed E-state index contributed by atoms with van der Waals surface area (Å²) >= 11 is 0. The number of aryl methyl sites for hydroxylation is 3. The van der Waals surface area contributed by atoms with Gasteiger partial charge in [0, 0.05) is 34.1 Å². The van der Waals surface area contributed by atoms with Crippen molar-refractivity contribution in [3.8, 4) is 11.1 Å². The summed E-state index contributed by atoms with van der Waals surface area (Å²) in [5.74, 6) is 0. The Bertz CT molecular complexity index is 2960. The van der Waals surface area contributed by atoms with Crippen LogP contribution in [-0.4, -0.2) is 6.71 Å². The van der Waals surface area contributed by atoms with Gasteiger partial charge in [0.2, 0.25) is 0 Å². The Morgan fingerprint density at radius 2 is 0.770 bits per heavy atom. The van der Waals surface area contributed by atoms with E-state index in [1.165, 1.54) is 94.9 Å². The number of fused-ring (bicyclic) bond motifs is 4. The summed E-state index contributed by atoms with van der Waals surface area (Å²) in [7, 11) is 0. The molecule has 0 radical (unpaired) electrons. The average molecular weight is 781 g/mol. The van der Waals surface area contributed by atoms with Gasteiger partial charge in [-0.3, -0.25) is 0 Å². The Morgan fingerprint density at radius 3 is 1.26 bits per heavy atom. The van der Waals surface area contributed by atoms with E-state index >= 15 is 0 Å². The fourth-order valence-corrected chi connectivity index (χ4v) is 10.3. The minimum absolute atomic E-state index is 0.0551. The largest absolute Gasteiger partial charge is 0.311 e. The van der Waals surface area contributed by atoms with E-state index in [0.717, 1.165) is 5.69 Å². The van der Waals surface area contributed by atoms with E-state index in [0.29, 0.717) is 0 Å². The molecule has 0 saturated carbocycles. The van der Waals surface area contributed by atoms with Crippen LogP contribution in [0.5, 0.6) is 0 Å².